The predicted molar refractivity (Wildman–Crippen MR) is 35.1 cm³/mol. The third-order valence-electron chi connectivity index (χ3n) is 1.68. The number of rotatable bonds is 1. The Morgan fingerprint density at radius 1 is 1.56 bits per heavy atom. The molecular formula is C6H11N3. The highest BCUT2D eigenvalue weighted by Crippen LogP contribution is 2.17. The first-order valence-corrected chi connectivity index (χ1v) is 3.26. The van der Waals surface area contributed by atoms with Gasteiger partial charge in [-0.05, 0) is 19.3 Å². The molecule has 0 spiro atoms. The Hall–Kier alpha value is -0.730. The highest BCUT2D eigenvalue weighted by molar-refractivity contribution is 5.82. The van der Waals surface area contributed by atoms with Crippen LogP contribution in [0.1, 0.15) is 25.7 Å². The van der Waals surface area contributed by atoms with Gasteiger partial charge >= 0.3 is 0 Å². The van der Waals surface area contributed by atoms with Crippen LogP contribution in [-0.4, -0.2) is 11.8 Å². The first-order valence-electron chi connectivity index (χ1n) is 3.26. The number of nitrogens with one attached hydrogen (secondary N) is 2. The monoisotopic (exact) mass is 125 g/mol. The standard InChI is InChI=1S/C6H11N3/c7-5-2-1-3-6(4-5)9-8/h6-8H,1-4H2. The van der Waals surface area contributed by atoms with Gasteiger partial charge in [-0.25, -0.2) is 5.53 Å². The van der Waals surface area contributed by atoms with E-state index in [4.69, 9.17) is 10.9 Å². The lowest BCUT2D eigenvalue weighted by atomic mass is 9.94. The van der Waals surface area contributed by atoms with Gasteiger partial charge in [0.15, 0.2) is 0 Å². The second kappa shape index (κ2) is 2.71. The van der Waals surface area contributed by atoms with Crippen molar-refractivity contribution in [1.29, 1.82) is 10.9 Å². The number of nitrogens with zero attached hydrogens (tertiary/aromatic N) is 1. The van der Waals surface area contributed by atoms with Crippen molar-refractivity contribution in [1.82, 2.24) is 0 Å². The van der Waals surface area contributed by atoms with Gasteiger partial charge in [-0.3, -0.25) is 0 Å². The summed E-state index contributed by atoms with van der Waals surface area (Å²) in [6, 6.07) is 0.131. The minimum atomic E-state index is 0.131. The van der Waals surface area contributed by atoms with Gasteiger partial charge in [-0.2, -0.15) is 5.11 Å². The molecule has 50 valence electrons. The van der Waals surface area contributed by atoms with Crippen LogP contribution in [-0.2, 0) is 0 Å². The summed E-state index contributed by atoms with van der Waals surface area (Å²) in [6.45, 7) is 0. The zero-order valence-electron chi connectivity index (χ0n) is 5.35. The second-order valence-corrected chi connectivity index (χ2v) is 2.48. The van der Waals surface area contributed by atoms with E-state index < -0.39 is 0 Å². The van der Waals surface area contributed by atoms with Crippen LogP contribution < -0.4 is 0 Å². The van der Waals surface area contributed by atoms with E-state index in [9.17, 15) is 0 Å². The zero-order valence-corrected chi connectivity index (χ0v) is 5.35. The highest BCUT2D eigenvalue weighted by atomic mass is 15.0. The smallest absolute Gasteiger partial charge is 0.0757 e. The van der Waals surface area contributed by atoms with Crippen LogP contribution in [0.15, 0.2) is 5.11 Å². The summed E-state index contributed by atoms with van der Waals surface area (Å²) in [4.78, 5) is 0. The summed E-state index contributed by atoms with van der Waals surface area (Å²) in [5.41, 5.74) is 7.48. The molecule has 1 atom stereocenters. The highest BCUT2D eigenvalue weighted by Gasteiger charge is 2.15. The molecule has 0 aromatic rings. The maximum atomic E-state index is 7.28. The van der Waals surface area contributed by atoms with Crippen LogP contribution >= 0.6 is 0 Å². The largest absolute Gasteiger partial charge is 0.310 e. The van der Waals surface area contributed by atoms with Gasteiger partial charge in [0, 0.05) is 12.1 Å². The maximum Gasteiger partial charge on any atom is 0.0757 e. The molecule has 0 radical (unpaired) electrons. The molecule has 1 fully saturated rings. The van der Waals surface area contributed by atoms with Gasteiger partial charge in [0.2, 0.25) is 0 Å². The topological polar surface area (TPSA) is 60.1 Å². The van der Waals surface area contributed by atoms with Crippen molar-refractivity contribution in [3.63, 3.8) is 0 Å². The van der Waals surface area contributed by atoms with Crippen molar-refractivity contribution in [2.24, 2.45) is 5.11 Å². The Bertz CT molecular complexity index is 130. The molecule has 0 bridgehead atoms. The summed E-state index contributed by atoms with van der Waals surface area (Å²) < 4.78 is 0. The Balaban J connectivity index is 2.40. The summed E-state index contributed by atoms with van der Waals surface area (Å²) in [6.07, 6.45) is 3.70. The molecule has 1 saturated carbocycles. The van der Waals surface area contributed by atoms with E-state index >= 15 is 0 Å². The molecule has 0 amide bonds. The van der Waals surface area contributed by atoms with Crippen molar-refractivity contribution < 1.29 is 0 Å². The minimum Gasteiger partial charge on any atom is -0.310 e. The van der Waals surface area contributed by atoms with Gasteiger partial charge in [0.1, 0.15) is 0 Å². The van der Waals surface area contributed by atoms with E-state index in [0.717, 1.165) is 31.4 Å². The molecule has 0 aliphatic heterocycles. The van der Waals surface area contributed by atoms with Crippen LogP contribution in [0.5, 0.6) is 0 Å². The van der Waals surface area contributed by atoms with E-state index in [2.05, 4.69) is 5.11 Å². The SMILES string of the molecule is N=NC1CCCC(=N)C1. The zero-order chi connectivity index (χ0) is 6.69. The van der Waals surface area contributed by atoms with Crippen LogP contribution in [0, 0.1) is 10.9 Å². The summed E-state index contributed by atoms with van der Waals surface area (Å²) >= 11 is 0. The molecule has 1 aliphatic carbocycles. The average Bonchev–Trinajstić information content (AvgIpc) is 1.88. The first-order chi connectivity index (χ1) is 4.33. The van der Waals surface area contributed by atoms with Gasteiger partial charge in [0.25, 0.3) is 0 Å². The van der Waals surface area contributed by atoms with E-state index in [1.54, 1.807) is 0 Å². The summed E-state index contributed by atoms with van der Waals surface area (Å²) in [5.74, 6) is 0. The van der Waals surface area contributed by atoms with Crippen molar-refractivity contribution in [3.05, 3.63) is 0 Å². The normalized spacial score (nSPS) is 28.0. The fourth-order valence-corrected chi connectivity index (χ4v) is 1.15. The average molecular weight is 125 g/mol. The predicted octanol–water partition coefficient (Wildman–Crippen LogP) is 1.98. The molecule has 1 rings (SSSR count). The first kappa shape index (κ1) is 6.39. The fourth-order valence-electron chi connectivity index (χ4n) is 1.15. The van der Waals surface area contributed by atoms with Crippen LogP contribution in [0.4, 0.5) is 0 Å². The van der Waals surface area contributed by atoms with Gasteiger partial charge in [-0.15, -0.1) is 0 Å². The number of hydrogen-bond donors (Lipinski definition) is 2. The van der Waals surface area contributed by atoms with Crippen LogP contribution in [0.3, 0.4) is 0 Å². The molecule has 0 saturated heterocycles. The third kappa shape index (κ3) is 1.59. The molecule has 1 aliphatic rings. The lowest BCUT2D eigenvalue weighted by molar-refractivity contribution is 0.540. The lowest BCUT2D eigenvalue weighted by Gasteiger charge is -2.16. The molecule has 3 heteroatoms. The van der Waals surface area contributed by atoms with E-state index in [0.29, 0.717) is 0 Å². The van der Waals surface area contributed by atoms with Gasteiger partial charge in [-0.1, -0.05) is 0 Å². The number of hydrogen-bond acceptors (Lipinski definition) is 3. The molecule has 2 N–H and O–H groups in total. The third-order valence-corrected chi connectivity index (χ3v) is 1.68. The Morgan fingerprint density at radius 3 is 2.78 bits per heavy atom. The van der Waals surface area contributed by atoms with Crippen molar-refractivity contribution >= 4 is 5.71 Å². The lowest BCUT2D eigenvalue weighted by Crippen LogP contribution is -2.16. The molecule has 0 heterocycles. The van der Waals surface area contributed by atoms with E-state index in [1.807, 2.05) is 0 Å². The maximum absolute atomic E-state index is 7.28. The van der Waals surface area contributed by atoms with E-state index in [1.165, 1.54) is 0 Å². The molecular weight excluding hydrogens is 114 g/mol. The molecule has 1 unspecified atom stereocenters. The van der Waals surface area contributed by atoms with Crippen molar-refractivity contribution in [2.75, 3.05) is 0 Å². The van der Waals surface area contributed by atoms with Crippen molar-refractivity contribution in [2.45, 2.75) is 31.7 Å². The quantitative estimate of drug-likeness (QED) is 0.503. The van der Waals surface area contributed by atoms with Crippen LogP contribution in [0.25, 0.3) is 0 Å². The van der Waals surface area contributed by atoms with Gasteiger partial charge < -0.3 is 5.41 Å². The molecule has 0 aromatic heterocycles. The Labute approximate surface area is 54.5 Å². The van der Waals surface area contributed by atoms with Gasteiger partial charge in [0.05, 0.1) is 6.04 Å². The minimum absolute atomic E-state index is 0.131. The Morgan fingerprint density at radius 2 is 2.33 bits per heavy atom. The molecule has 3 nitrogen and oxygen atoms in total. The molecule has 0 aromatic carbocycles. The van der Waals surface area contributed by atoms with Crippen LogP contribution in [0.2, 0.25) is 0 Å². The van der Waals surface area contributed by atoms with E-state index in [-0.39, 0.29) is 6.04 Å². The molecule has 9 heavy (non-hydrogen) atoms. The van der Waals surface area contributed by atoms with Crippen molar-refractivity contribution in [3.8, 4) is 0 Å². The summed E-state index contributed by atoms with van der Waals surface area (Å²) in [5, 5.41) is 10.7. The fraction of sp³-hybridized carbons (Fsp3) is 0.833. The Kier molecular flexibility index (Phi) is 1.92. The second-order valence-electron chi connectivity index (χ2n) is 2.48. The summed E-state index contributed by atoms with van der Waals surface area (Å²) in [7, 11) is 0.